The molecule has 1 aromatic rings. The number of carbonyl (C=O) groups excluding carboxylic acids is 1. The first-order valence-corrected chi connectivity index (χ1v) is 7.91. The summed E-state index contributed by atoms with van der Waals surface area (Å²) >= 11 is 11.7. The predicted molar refractivity (Wildman–Crippen MR) is 71.0 cm³/mol. The van der Waals surface area contributed by atoms with Crippen LogP contribution in [0.5, 0.6) is 0 Å². The van der Waals surface area contributed by atoms with Gasteiger partial charge in [0.15, 0.2) is 9.84 Å². The molecule has 18 heavy (non-hydrogen) atoms. The number of hydrogen-bond acceptors (Lipinski definition) is 3. The zero-order chi connectivity index (χ0) is 13.3. The minimum Gasteiger partial charge on any atom is -0.348 e. The van der Waals surface area contributed by atoms with Gasteiger partial charge in [-0.25, -0.2) is 8.42 Å². The van der Waals surface area contributed by atoms with Crippen LogP contribution in [0.15, 0.2) is 18.2 Å². The molecule has 1 N–H and O–H groups in total. The molecule has 98 valence electrons. The van der Waals surface area contributed by atoms with Crippen molar-refractivity contribution in [2.45, 2.75) is 12.5 Å². The van der Waals surface area contributed by atoms with Crippen LogP contribution in [0, 0.1) is 0 Å². The maximum atomic E-state index is 11.9. The van der Waals surface area contributed by atoms with Crippen molar-refractivity contribution in [1.29, 1.82) is 0 Å². The van der Waals surface area contributed by atoms with Gasteiger partial charge in [0.05, 0.1) is 22.1 Å². The molecule has 0 saturated carbocycles. The number of rotatable bonds is 2. The quantitative estimate of drug-likeness (QED) is 0.908. The van der Waals surface area contributed by atoms with Crippen molar-refractivity contribution < 1.29 is 13.2 Å². The third-order valence-electron chi connectivity index (χ3n) is 2.74. The van der Waals surface area contributed by atoms with E-state index < -0.39 is 15.7 Å². The minimum absolute atomic E-state index is 0.0169. The van der Waals surface area contributed by atoms with Gasteiger partial charge in [-0.05, 0) is 24.6 Å². The van der Waals surface area contributed by atoms with E-state index in [4.69, 9.17) is 23.2 Å². The molecule has 1 fully saturated rings. The summed E-state index contributed by atoms with van der Waals surface area (Å²) in [7, 11) is -3.02. The second-order valence-electron chi connectivity index (χ2n) is 4.20. The summed E-state index contributed by atoms with van der Waals surface area (Å²) in [6.45, 7) is 0. The van der Waals surface area contributed by atoms with Crippen molar-refractivity contribution in [3.63, 3.8) is 0 Å². The molecule has 1 heterocycles. The van der Waals surface area contributed by atoms with Gasteiger partial charge in [-0.1, -0.05) is 23.2 Å². The van der Waals surface area contributed by atoms with Gasteiger partial charge in [-0.3, -0.25) is 4.79 Å². The van der Waals surface area contributed by atoms with E-state index >= 15 is 0 Å². The first kappa shape index (κ1) is 13.6. The van der Waals surface area contributed by atoms with Gasteiger partial charge < -0.3 is 5.32 Å². The number of hydrogen-bond donors (Lipinski definition) is 1. The molecule has 2 rings (SSSR count). The molecule has 0 aromatic heterocycles. The summed E-state index contributed by atoms with van der Waals surface area (Å²) < 4.78 is 22.6. The van der Waals surface area contributed by atoms with E-state index in [1.807, 2.05) is 0 Å². The third-order valence-corrected chi connectivity index (χ3v) is 5.07. The van der Waals surface area contributed by atoms with E-state index in [1.54, 1.807) is 6.07 Å². The monoisotopic (exact) mass is 307 g/mol. The van der Waals surface area contributed by atoms with Gasteiger partial charge in [0.1, 0.15) is 0 Å². The number of benzene rings is 1. The first-order chi connectivity index (χ1) is 8.37. The molecule has 1 aromatic carbocycles. The van der Waals surface area contributed by atoms with Crippen LogP contribution >= 0.6 is 23.2 Å². The molecule has 0 aliphatic carbocycles. The SMILES string of the molecule is O=C(N[C@H]1CCS(=O)(=O)C1)c1cc(Cl)ccc1Cl. The highest BCUT2D eigenvalue weighted by Crippen LogP contribution is 2.21. The maximum Gasteiger partial charge on any atom is 0.253 e. The highest BCUT2D eigenvalue weighted by Gasteiger charge is 2.29. The van der Waals surface area contributed by atoms with Gasteiger partial charge in [0.25, 0.3) is 5.91 Å². The van der Waals surface area contributed by atoms with Gasteiger partial charge >= 0.3 is 0 Å². The fourth-order valence-corrected chi connectivity index (χ4v) is 3.89. The molecule has 7 heteroatoms. The number of sulfone groups is 1. The van der Waals surface area contributed by atoms with Crippen LogP contribution in [-0.4, -0.2) is 31.9 Å². The van der Waals surface area contributed by atoms with Crippen LogP contribution in [-0.2, 0) is 9.84 Å². The van der Waals surface area contributed by atoms with Gasteiger partial charge in [-0.2, -0.15) is 0 Å². The Morgan fingerprint density at radius 3 is 2.67 bits per heavy atom. The summed E-state index contributed by atoms with van der Waals surface area (Å²) in [6.07, 6.45) is 0.437. The van der Waals surface area contributed by atoms with E-state index in [-0.39, 0.29) is 28.1 Å². The standard InChI is InChI=1S/C11H11Cl2NO3S/c12-7-1-2-10(13)9(5-7)11(15)14-8-3-4-18(16,17)6-8/h1-2,5,8H,3-4,6H2,(H,14,15)/t8-/m0/s1. The zero-order valence-electron chi connectivity index (χ0n) is 9.32. The van der Waals surface area contributed by atoms with Crippen molar-refractivity contribution in [1.82, 2.24) is 5.32 Å². The predicted octanol–water partition coefficient (Wildman–Crippen LogP) is 1.91. The molecule has 4 nitrogen and oxygen atoms in total. The van der Waals surface area contributed by atoms with E-state index in [0.717, 1.165) is 0 Å². The largest absolute Gasteiger partial charge is 0.348 e. The summed E-state index contributed by atoms with van der Waals surface area (Å²) in [5.41, 5.74) is 0.258. The summed E-state index contributed by atoms with van der Waals surface area (Å²) in [6, 6.07) is 4.23. The third kappa shape index (κ3) is 3.16. The highest BCUT2D eigenvalue weighted by atomic mass is 35.5. The Morgan fingerprint density at radius 1 is 1.33 bits per heavy atom. The molecule has 1 aliphatic rings. The molecule has 0 unspecified atom stereocenters. The van der Waals surface area contributed by atoms with Crippen LogP contribution in [0.4, 0.5) is 0 Å². The Balaban J connectivity index is 2.11. The number of amides is 1. The number of halogens is 2. The normalized spacial score (nSPS) is 21.8. The Bertz CT molecular complexity index is 586. The van der Waals surface area contributed by atoms with Crippen molar-refractivity contribution in [2.75, 3.05) is 11.5 Å². The molecular formula is C11H11Cl2NO3S. The topological polar surface area (TPSA) is 63.2 Å². The number of nitrogens with one attached hydrogen (secondary N) is 1. The lowest BCUT2D eigenvalue weighted by Gasteiger charge is -2.11. The van der Waals surface area contributed by atoms with Crippen molar-refractivity contribution in [2.24, 2.45) is 0 Å². The van der Waals surface area contributed by atoms with Crippen LogP contribution in [0.25, 0.3) is 0 Å². The van der Waals surface area contributed by atoms with Crippen LogP contribution in [0.3, 0.4) is 0 Å². The molecule has 1 aliphatic heterocycles. The molecule has 0 spiro atoms. The minimum atomic E-state index is -3.02. The zero-order valence-corrected chi connectivity index (χ0v) is 11.6. The van der Waals surface area contributed by atoms with E-state index in [9.17, 15) is 13.2 Å². The van der Waals surface area contributed by atoms with Gasteiger partial charge in [0.2, 0.25) is 0 Å². The first-order valence-electron chi connectivity index (χ1n) is 5.34. The smallest absolute Gasteiger partial charge is 0.253 e. The fraction of sp³-hybridized carbons (Fsp3) is 0.364. The fourth-order valence-electron chi connectivity index (χ4n) is 1.84. The Hall–Kier alpha value is -0.780. The molecule has 1 atom stereocenters. The summed E-state index contributed by atoms with van der Waals surface area (Å²) in [4.78, 5) is 11.9. The average molecular weight is 308 g/mol. The maximum absolute atomic E-state index is 11.9. The Labute approximate surface area is 115 Å². The Kier molecular flexibility index (Phi) is 3.84. The molecule has 1 amide bonds. The van der Waals surface area contributed by atoms with Crippen molar-refractivity contribution >= 4 is 38.9 Å². The summed E-state index contributed by atoms with van der Waals surface area (Å²) in [5, 5.41) is 3.35. The second-order valence-corrected chi connectivity index (χ2v) is 7.27. The van der Waals surface area contributed by atoms with E-state index in [2.05, 4.69) is 5.32 Å². The highest BCUT2D eigenvalue weighted by molar-refractivity contribution is 7.91. The average Bonchev–Trinajstić information content (AvgIpc) is 2.61. The van der Waals surface area contributed by atoms with E-state index in [0.29, 0.717) is 11.4 Å². The molecule has 0 radical (unpaired) electrons. The van der Waals surface area contributed by atoms with Crippen molar-refractivity contribution in [3.8, 4) is 0 Å². The Morgan fingerprint density at radius 2 is 2.06 bits per heavy atom. The van der Waals surface area contributed by atoms with Crippen LogP contribution < -0.4 is 5.32 Å². The second kappa shape index (κ2) is 5.07. The van der Waals surface area contributed by atoms with Crippen molar-refractivity contribution in [3.05, 3.63) is 33.8 Å². The number of carbonyl (C=O) groups is 1. The van der Waals surface area contributed by atoms with Crippen LogP contribution in [0.1, 0.15) is 16.8 Å². The summed E-state index contributed by atoms with van der Waals surface area (Å²) in [5.74, 6) is -0.303. The molecular weight excluding hydrogens is 297 g/mol. The van der Waals surface area contributed by atoms with E-state index in [1.165, 1.54) is 12.1 Å². The lowest BCUT2D eigenvalue weighted by molar-refractivity contribution is 0.0941. The molecule has 0 bridgehead atoms. The lowest BCUT2D eigenvalue weighted by atomic mass is 10.2. The van der Waals surface area contributed by atoms with Crippen LogP contribution in [0.2, 0.25) is 10.0 Å². The van der Waals surface area contributed by atoms with Gasteiger partial charge in [0, 0.05) is 11.1 Å². The lowest BCUT2D eigenvalue weighted by Crippen LogP contribution is -2.35. The molecule has 1 saturated heterocycles. The van der Waals surface area contributed by atoms with Gasteiger partial charge in [-0.15, -0.1) is 0 Å².